The molecule has 0 aromatic carbocycles. The van der Waals surface area contributed by atoms with Gasteiger partial charge in [-0.05, 0) is 24.0 Å². The monoisotopic (exact) mass is 283 g/mol. The number of rotatable bonds is 3. The number of carbonyl (C=O) groups excluding carboxylic acids is 1. The maximum atomic E-state index is 12.5. The molecule has 1 saturated heterocycles. The topological polar surface area (TPSA) is 93.4 Å². The molecule has 2 N–H and O–H groups in total. The molecule has 6 nitrogen and oxygen atoms in total. The second-order valence-corrected chi connectivity index (χ2v) is 7.24. The van der Waals surface area contributed by atoms with E-state index in [1.807, 2.05) is 13.8 Å². The predicted molar refractivity (Wildman–Crippen MR) is 69.5 cm³/mol. The van der Waals surface area contributed by atoms with E-state index in [1.54, 1.807) is 6.07 Å². The lowest BCUT2D eigenvalue weighted by Gasteiger charge is -2.29. The smallest absolute Gasteiger partial charge is 0.245 e. The molecule has 1 amide bonds. The zero-order valence-corrected chi connectivity index (χ0v) is 11.7. The summed E-state index contributed by atoms with van der Waals surface area (Å²) in [6.07, 6.45) is 3.37. The summed E-state index contributed by atoms with van der Waals surface area (Å²) < 4.78 is 26.2. The van der Waals surface area contributed by atoms with Crippen LogP contribution in [0.5, 0.6) is 0 Å². The van der Waals surface area contributed by atoms with Gasteiger partial charge in [0.15, 0.2) is 0 Å². The number of nitrogens with two attached hydrogens (primary N) is 1. The van der Waals surface area contributed by atoms with Gasteiger partial charge < -0.3 is 5.73 Å². The summed E-state index contributed by atoms with van der Waals surface area (Å²) in [5, 5.41) is 0. The number of nitrogens with zero attached hydrogens (tertiary/aromatic N) is 2. The van der Waals surface area contributed by atoms with Crippen LogP contribution in [0.15, 0.2) is 29.4 Å². The van der Waals surface area contributed by atoms with Crippen LogP contribution in [0, 0.1) is 5.41 Å². The van der Waals surface area contributed by atoms with E-state index in [0.29, 0.717) is 6.42 Å². The summed E-state index contributed by atoms with van der Waals surface area (Å²) in [7, 11) is -3.73. The molecule has 0 aliphatic carbocycles. The van der Waals surface area contributed by atoms with Crippen LogP contribution in [0.25, 0.3) is 0 Å². The van der Waals surface area contributed by atoms with Crippen molar-refractivity contribution in [2.24, 2.45) is 11.1 Å². The van der Waals surface area contributed by atoms with E-state index in [1.165, 1.54) is 22.8 Å². The van der Waals surface area contributed by atoms with E-state index in [0.717, 1.165) is 0 Å². The highest BCUT2D eigenvalue weighted by molar-refractivity contribution is 7.89. The van der Waals surface area contributed by atoms with Gasteiger partial charge in [0.1, 0.15) is 10.9 Å². The van der Waals surface area contributed by atoms with Gasteiger partial charge in [-0.15, -0.1) is 0 Å². The predicted octanol–water partition coefficient (Wildman–Crippen LogP) is 0.356. The molecule has 1 fully saturated rings. The maximum absolute atomic E-state index is 12.5. The molecule has 1 aliphatic rings. The minimum Gasteiger partial charge on any atom is -0.368 e. The van der Waals surface area contributed by atoms with Crippen LogP contribution in [-0.2, 0) is 14.8 Å². The van der Waals surface area contributed by atoms with E-state index in [9.17, 15) is 13.2 Å². The summed E-state index contributed by atoms with van der Waals surface area (Å²) in [5.41, 5.74) is 4.92. The Hall–Kier alpha value is -1.47. The number of hydrogen-bond donors (Lipinski definition) is 1. The fourth-order valence-electron chi connectivity index (χ4n) is 2.48. The first-order valence-corrected chi connectivity index (χ1v) is 7.42. The van der Waals surface area contributed by atoms with Gasteiger partial charge in [0.2, 0.25) is 15.9 Å². The van der Waals surface area contributed by atoms with Crippen LogP contribution in [0.1, 0.15) is 20.3 Å². The number of carbonyl (C=O) groups is 1. The van der Waals surface area contributed by atoms with Gasteiger partial charge >= 0.3 is 0 Å². The quantitative estimate of drug-likeness (QED) is 0.866. The minimum absolute atomic E-state index is 0.0824. The average molecular weight is 283 g/mol. The molecule has 104 valence electrons. The van der Waals surface area contributed by atoms with Crippen molar-refractivity contribution in [3.05, 3.63) is 24.5 Å². The third kappa shape index (κ3) is 2.35. The Morgan fingerprint density at radius 3 is 2.74 bits per heavy atom. The molecule has 2 rings (SSSR count). The molecule has 1 unspecified atom stereocenters. The van der Waals surface area contributed by atoms with Crippen LogP contribution in [0.2, 0.25) is 0 Å². The van der Waals surface area contributed by atoms with Gasteiger partial charge in [-0.1, -0.05) is 13.8 Å². The van der Waals surface area contributed by atoms with Gasteiger partial charge in [-0.3, -0.25) is 9.78 Å². The number of sulfonamides is 1. The summed E-state index contributed by atoms with van der Waals surface area (Å²) in [4.78, 5) is 15.5. The third-order valence-electron chi connectivity index (χ3n) is 3.52. The molecule has 0 saturated carbocycles. The van der Waals surface area contributed by atoms with Crippen LogP contribution in [0.4, 0.5) is 0 Å². The average Bonchev–Trinajstić information content (AvgIpc) is 2.66. The van der Waals surface area contributed by atoms with Crippen molar-refractivity contribution in [1.82, 2.24) is 9.29 Å². The Bertz CT molecular complexity index is 583. The van der Waals surface area contributed by atoms with E-state index in [4.69, 9.17) is 5.73 Å². The molecule has 7 heteroatoms. The highest BCUT2D eigenvalue weighted by Gasteiger charge is 2.49. The highest BCUT2D eigenvalue weighted by Crippen LogP contribution is 2.38. The first-order valence-electron chi connectivity index (χ1n) is 5.98. The Morgan fingerprint density at radius 1 is 1.53 bits per heavy atom. The van der Waals surface area contributed by atoms with Gasteiger partial charge in [0.05, 0.1) is 0 Å². The number of hydrogen-bond acceptors (Lipinski definition) is 4. The fourth-order valence-corrected chi connectivity index (χ4v) is 4.19. The number of amides is 1. The summed E-state index contributed by atoms with van der Waals surface area (Å²) in [6.45, 7) is 3.99. The Kier molecular flexibility index (Phi) is 3.36. The summed E-state index contributed by atoms with van der Waals surface area (Å²) in [5.74, 6) is -0.616. The molecule has 0 bridgehead atoms. The lowest BCUT2D eigenvalue weighted by Crippen LogP contribution is -2.49. The van der Waals surface area contributed by atoms with Crippen molar-refractivity contribution < 1.29 is 13.2 Å². The first kappa shape index (κ1) is 14.0. The van der Waals surface area contributed by atoms with E-state index in [2.05, 4.69) is 4.98 Å². The van der Waals surface area contributed by atoms with Gasteiger partial charge in [0, 0.05) is 18.9 Å². The third-order valence-corrected chi connectivity index (χ3v) is 5.36. The van der Waals surface area contributed by atoms with E-state index >= 15 is 0 Å². The van der Waals surface area contributed by atoms with Crippen LogP contribution >= 0.6 is 0 Å². The summed E-state index contributed by atoms with van der Waals surface area (Å²) in [6, 6.07) is 2.19. The normalized spacial score (nSPS) is 23.4. The van der Waals surface area contributed by atoms with Gasteiger partial charge in [0.25, 0.3) is 0 Å². The number of primary amides is 1. The molecule has 0 radical (unpaired) electrons. The molecule has 1 aliphatic heterocycles. The number of pyridine rings is 1. The van der Waals surface area contributed by atoms with Crippen LogP contribution in [0.3, 0.4) is 0 Å². The molecule has 2 heterocycles. The molecule has 1 aromatic rings. The fraction of sp³-hybridized carbons (Fsp3) is 0.500. The lowest BCUT2D eigenvalue weighted by atomic mass is 9.85. The molecular weight excluding hydrogens is 266 g/mol. The minimum atomic E-state index is -3.73. The molecule has 1 aromatic heterocycles. The van der Waals surface area contributed by atoms with Gasteiger partial charge in [-0.2, -0.15) is 4.31 Å². The zero-order valence-electron chi connectivity index (χ0n) is 10.9. The van der Waals surface area contributed by atoms with Crippen LogP contribution in [-0.4, -0.2) is 36.2 Å². The van der Waals surface area contributed by atoms with Crippen molar-refractivity contribution in [2.45, 2.75) is 31.2 Å². The second-order valence-electron chi connectivity index (χ2n) is 5.35. The Balaban J connectivity index is 2.45. The highest BCUT2D eigenvalue weighted by atomic mass is 32.2. The molecule has 19 heavy (non-hydrogen) atoms. The van der Waals surface area contributed by atoms with E-state index in [-0.39, 0.29) is 11.4 Å². The first-order chi connectivity index (χ1) is 8.77. The molecular formula is C12H17N3O3S. The Labute approximate surface area is 112 Å². The zero-order chi connectivity index (χ0) is 14.3. The Morgan fingerprint density at radius 2 is 2.21 bits per heavy atom. The van der Waals surface area contributed by atoms with Gasteiger partial charge in [-0.25, -0.2) is 8.42 Å². The largest absolute Gasteiger partial charge is 0.368 e. The molecule has 1 atom stereocenters. The van der Waals surface area contributed by atoms with Crippen molar-refractivity contribution >= 4 is 15.9 Å². The SMILES string of the molecule is CC1(C)CCN(S(=O)(=O)c2cccnc2)C1C(N)=O. The van der Waals surface area contributed by atoms with Crippen molar-refractivity contribution in [1.29, 1.82) is 0 Å². The van der Waals surface area contributed by atoms with Crippen molar-refractivity contribution in [3.63, 3.8) is 0 Å². The van der Waals surface area contributed by atoms with Crippen molar-refractivity contribution in [3.8, 4) is 0 Å². The second kappa shape index (κ2) is 4.57. The molecule has 0 spiro atoms. The maximum Gasteiger partial charge on any atom is 0.245 e. The summed E-state index contributed by atoms with van der Waals surface area (Å²) >= 11 is 0. The van der Waals surface area contributed by atoms with Crippen molar-refractivity contribution in [2.75, 3.05) is 6.54 Å². The number of aromatic nitrogens is 1. The standard InChI is InChI=1S/C12H17N3O3S/c1-12(2)5-7-15(10(12)11(13)16)19(17,18)9-4-3-6-14-8-9/h3-4,6,8,10H,5,7H2,1-2H3,(H2,13,16). The lowest BCUT2D eigenvalue weighted by molar-refractivity contribution is -0.123. The van der Waals surface area contributed by atoms with Crippen LogP contribution < -0.4 is 5.73 Å². The van der Waals surface area contributed by atoms with E-state index < -0.39 is 27.4 Å².